The first-order valence-corrected chi connectivity index (χ1v) is 10.7. The van der Waals surface area contributed by atoms with Crippen LogP contribution in [-0.4, -0.2) is 36.7 Å². The van der Waals surface area contributed by atoms with Crippen molar-refractivity contribution in [2.24, 2.45) is 5.73 Å². The molecule has 0 saturated carbocycles. The average Bonchev–Trinajstić information content (AvgIpc) is 3.25. The van der Waals surface area contributed by atoms with Gasteiger partial charge in [0.2, 0.25) is 11.9 Å². The third kappa shape index (κ3) is 5.81. The highest BCUT2D eigenvalue weighted by Gasteiger charge is 2.35. The molecule has 0 spiro atoms. The fourth-order valence-electron chi connectivity index (χ4n) is 3.48. The van der Waals surface area contributed by atoms with Gasteiger partial charge in [-0.2, -0.15) is 23.3 Å². The van der Waals surface area contributed by atoms with Crippen LogP contribution in [0.15, 0.2) is 66.9 Å². The first-order chi connectivity index (χ1) is 17.5. The molecule has 2 aromatic heterocycles. The molecule has 12 heteroatoms. The molecule has 0 aliphatic carbocycles. The molecular formula is C25H19F3N6O3. The summed E-state index contributed by atoms with van der Waals surface area (Å²) in [5, 5.41) is 15.6. The number of anilines is 2. The number of carbonyl (C=O) groups excluding carboxylic acids is 1. The van der Waals surface area contributed by atoms with Gasteiger partial charge in [-0.25, -0.2) is 14.5 Å². The van der Waals surface area contributed by atoms with E-state index in [-0.39, 0.29) is 23.0 Å². The van der Waals surface area contributed by atoms with Crippen LogP contribution in [0.25, 0.3) is 23.0 Å². The summed E-state index contributed by atoms with van der Waals surface area (Å²) in [6.07, 6.45) is -0.899. The van der Waals surface area contributed by atoms with E-state index in [2.05, 4.69) is 20.4 Å². The number of hydrogen-bond donors (Lipinski definition) is 3. The molecule has 4 rings (SSSR count). The van der Waals surface area contributed by atoms with Crippen LogP contribution >= 0.6 is 0 Å². The smallest absolute Gasteiger partial charge is 0.435 e. The van der Waals surface area contributed by atoms with Gasteiger partial charge in [0.25, 0.3) is 0 Å². The van der Waals surface area contributed by atoms with Gasteiger partial charge in [0.1, 0.15) is 0 Å². The summed E-state index contributed by atoms with van der Waals surface area (Å²) >= 11 is 0. The van der Waals surface area contributed by atoms with Crippen LogP contribution in [0.5, 0.6) is 0 Å². The van der Waals surface area contributed by atoms with Gasteiger partial charge < -0.3 is 16.2 Å². The van der Waals surface area contributed by atoms with Crippen LogP contribution in [-0.2, 0) is 11.0 Å². The zero-order valence-electron chi connectivity index (χ0n) is 19.2. The van der Waals surface area contributed by atoms with Crippen molar-refractivity contribution in [3.8, 4) is 16.9 Å². The minimum atomic E-state index is -4.67. The Hall–Kier alpha value is -5.00. The second-order valence-electron chi connectivity index (χ2n) is 7.88. The molecule has 0 radical (unpaired) electrons. The topological polar surface area (TPSA) is 136 Å². The first-order valence-electron chi connectivity index (χ1n) is 10.7. The number of alkyl halides is 3. The van der Waals surface area contributed by atoms with E-state index < -0.39 is 23.7 Å². The van der Waals surface area contributed by atoms with Crippen molar-refractivity contribution < 1.29 is 27.9 Å². The van der Waals surface area contributed by atoms with Gasteiger partial charge in [-0.1, -0.05) is 24.3 Å². The monoisotopic (exact) mass is 508 g/mol. The summed E-state index contributed by atoms with van der Waals surface area (Å²) in [6, 6.07) is 13.8. The SMILES string of the molecule is Cc1cc(C(F)(F)F)nn1-c1nc(Nc2cccc(C(N)=O)c2)ncc1-c1cccc(C=CC(=O)O)c1. The second-order valence-corrected chi connectivity index (χ2v) is 7.88. The van der Waals surface area contributed by atoms with E-state index >= 15 is 0 Å². The number of amides is 1. The molecular weight excluding hydrogens is 489 g/mol. The molecule has 0 atom stereocenters. The van der Waals surface area contributed by atoms with Gasteiger partial charge in [-0.3, -0.25) is 4.79 Å². The van der Waals surface area contributed by atoms with Gasteiger partial charge in [-0.15, -0.1) is 0 Å². The highest BCUT2D eigenvalue weighted by molar-refractivity contribution is 5.93. The van der Waals surface area contributed by atoms with Crippen LogP contribution in [0.4, 0.5) is 24.8 Å². The lowest BCUT2D eigenvalue weighted by atomic mass is 10.0. The number of nitrogens with two attached hydrogens (primary N) is 1. The van der Waals surface area contributed by atoms with Crippen molar-refractivity contribution in [2.45, 2.75) is 13.1 Å². The van der Waals surface area contributed by atoms with Gasteiger partial charge >= 0.3 is 12.1 Å². The summed E-state index contributed by atoms with van der Waals surface area (Å²) < 4.78 is 41.2. The molecule has 37 heavy (non-hydrogen) atoms. The van der Waals surface area contributed by atoms with Gasteiger partial charge in [0.05, 0.1) is 0 Å². The molecule has 1 amide bonds. The number of nitrogens with one attached hydrogen (secondary N) is 1. The van der Waals surface area contributed by atoms with Crippen LogP contribution in [0.1, 0.15) is 27.3 Å². The summed E-state index contributed by atoms with van der Waals surface area (Å²) in [5.41, 5.74) is 6.51. The lowest BCUT2D eigenvalue weighted by Gasteiger charge is -2.13. The predicted octanol–water partition coefficient (Wildman–Crippen LogP) is 4.60. The maximum Gasteiger partial charge on any atom is 0.435 e. The van der Waals surface area contributed by atoms with Crippen molar-refractivity contribution in [2.75, 3.05) is 5.32 Å². The fourth-order valence-corrected chi connectivity index (χ4v) is 3.48. The van der Waals surface area contributed by atoms with Crippen LogP contribution in [0.3, 0.4) is 0 Å². The Balaban J connectivity index is 1.84. The fraction of sp³-hybridized carbons (Fsp3) is 0.0800. The predicted molar refractivity (Wildman–Crippen MR) is 129 cm³/mol. The van der Waals surface area contributed by atoms with Gasteiger partial charge in [-0.05, 0) is 54.5 Å². The molecule has 4 N–H and O–H groups in total. The molecule has 9 nitrogen and oxygen atoms in total. The van der Waals surface area contributed by atoms with E-state index in [9.17, 15) is 22.8 Å². The number of primary amides is 1. The quantitative estimate of drug-likeness (QED) is 0.311. The zero-order chi connectivity index (χ0) is 26.7. The zero-order valence-corrected chi connectivity index (χ0v) is 19.2. The molecule has 0 saturated heterocycles. The highest BCUT2D eigenvalue weighted by Crippen LogP contribution is 2.32. The number of aryl methyl sites for hydroxylation is 1. The van der Waals surface area contributed by atoms with Gasteiger partial charge in [0.15, 0.2) is 11.5 Å². The van der Waals surface area contributed by atoms with E-state index in [1.165, 1.54) is 31.3 Å². The summed E-state index contributed by atoms with van der Waals surface area (Å²) in [5.74, 6) is -1.68. The van der Waals surface area contributed by atoms with Crippen molar-refractivity contribution in [1.29, 1.82) is 0 Å². The van der Waals surface area contributed by atoms with Crippen molar-refractivity contribution >= 4 is 29.6 Å². The lowest BCUT2D eigenvalue weighted by molar-refractivity contribution is -0.141. The number of carboxylic acids is 1. The Labute approximate surface area is 208 Å². The minimum absolute atomic E-state index is 0.0331. The molecule has 0 aliphatic rings. The van der Waals surface area contributed by atoms with Crippen molar-refractivity contribution in [3.63, 3.8) is 0 Å². The lowest BCUT2D eigenvalue weighted by Crippen LogP contribution is -2.12. The number of aromatic nitrogens is 4. The highest BCUT2D eigenvalue weighted by atomic mass is 19.4. The van der Waals surface area contributed by atoms with E-state index in [1.807, 2.05) is 0 Å². The molecule has 0 bridgehead atoms. The Morgan fingerprint density at radius 1 is 1.11 bits per heavy atom. The summed E-state index contributed by atoms with van der Waals surface area (Å²) in [6.45, 7) is 1.46. The maximum absolute atomic E-state index is 13.4. The third-order valence-corrected chi connectivity index (χ3v) is 5.17. The molecule has 2 heterocycles. The number of halogens is 3. The molecule has 0 aliphatic heterocycles. The minimum Gasteiger partial charge on any atom is -0.478 e. The Kier molecular flexibility index (Phi) is 6.74. The standard InChI is InChI=1S/C25H19F3N6O3/c1-14-10-20(25(26,27)28)33-34(14)23-19(16-5-2-4-15(11-16)8-9-21(35)36)13-30-24(32-23)31-18-7-3-6-17(12-18)22(29)37/h2-13H,1H3,(H2,29,37)(H,35,36)(H,30,31,32). The van der Waals surface area contributed by atoms with E-state index in [4.69, 9.17) is 10.8 Å². The normalized spacial score (nSPS) is 11.6. The second kappa shape index (κ2) is 9.93. The Morgan fingerprint density at radius 3 is 2.54 bits per heavy atom. The van der Waals surface area contributed by atoms with Crippen molar-refractivity contribution in [3.05, 3.63) is 89.4 Å². The number of carboxylic acid groups (broad SMARTS) is 1. The molecule has 0 fully saturated rings. The van der Waals surface area contributed by atoms with Crippen LogP contribution in [0.2, 0.25) is 0 Å². The molecule has 2 aromatic carbocycles. The van der Waals surface area contributed by atoms with E-state index in [1.54, 1.807) is 36.4 Å². The van der Waals surface area contributed by atoms with Gasteiger partial charge in [0, 0.05) is 34.8 Å². The maximum atomic E-state index is 13.4. The number of carbonyl (C=O) groups is 2. The molecule has 188 valence electrons. The Bertz CT molecular complexity index is 1530. The third-order valence-electron chi connectivity index (χ3n) is 5.17. The van der Waals surface area contributed by atoms with Crippen LogP contribution < -0.4 is 11.1 Å². The number of aliphatic carboxylic acids is 1. The summed E-state index contributed by atoms with van der Waals surface area (Å²) in [7, 11) is 0. The largest absolute Gasteiger partial charge is 0.478 e. The van der Waals surface area contributed by atoms with E-state index in [0.717, 1.165) is 16.8 Å². The van der Waals surface area contributed by atoms with Crippen molar-refractivity contribution in [1.82, 2.24) is 19.7 Å². The average molecular weight is 508 g/mol. The number of nitrogens with zero attached hydrogens (tertiary/aromatic N) is 4. The Morgan fingerprint density at radius 2 is 1.86 bits per heavy atom. The molecule has 0 unspecified atom stereocenters. The number of hydrogen-bond acceptors (Lipinski definition) is 6. The number of rotatable bonds is 7. The van der Waals surface area contributed by atoms with Crippen LogP contribution in [0, 0.1) is 6.92 Å². The summed E-state index contributed by atoms with van der Waals surface area (Å²) in [4.78, 5) is 31.1. The van der Waals surface area contributed by atoms with E-state index in [0.29, 0.717) is 22.4 Å². The number of benzene rings is 2. The first kappa shape index (κ1) is 25.1. The molecule has 4 aromatic rings.